The van der Waals surface area contributed by atoms with E-state index in [1.54, 1.807) is 0 Å². The number of hydrogen-bond donors (Lipinski definition) is 0. The third kappa shape index (κ3) is 5.40. The highest BCUT2D eigenvalue weighted by Crippen LogP contribution is 2.36. The van der Waals surface area contributed by atoms with Gasteiger partial charge in [0.1, 0.15) is 6.10 Å². The molecule has 2 aliphatic rings. The van der Waals surface area contributed by atoms with E-state index in [4.69, 9.17) is 14.2 Å². The molecule has 3 rings (SSSR count). The van der Waals surface area contributed by atoms with Gasteiger partial charge in [-0.25, -0.2) is 0 Å². The van der Waals surface area contributed by atoms with E-state index < -0.39 is 5.79 Å². The Labute approximate surface area is 147 Å². The van der Waals surface area contributed by atoms with Crippen molar-refractivity contribution in [2.75, 3.05) is 18.1 Å². The molecule has 0 unspecified atom stereocenters. The van der Waals surface area contributed by atoms with Gasteiger partial charge in [0, 0.05) is 0 Å². The fraction of sp³-hybridized carbons (Fsp3) is 0.667. The highest BCUT2D eigenvalue weighted by molar-refractivity contribution is 8.17. The van der Waals surface area contributed by atoms with Crippen molar-refractivity contribution in [1.29, 1.82) is 0 Å². The summed E-state index contributed by atoms with van der Waals surface area (Å²) in [4.78, 5) is 0. The Bertz CT molecular complexity index is 474. The van der Waals surface area contributed by atoms with Gasteiger partial charge in [-0.05, 0) is 43.8 Å². The molecule has 3 nitrogen and oxygen atoms in total. The SMILES string of the molecule is CC1(C)OC[C@H]([C@H](CC2SCCCS2)OCc2ccccc2)O1. The highest BCUT2D eigenvalue weighted by atomic mass is 32.2. The van der Waals surface area contributed by atoms with Gasteiger partial charge >= 0.3 is 0 Å². The molecule has 0 spiro atoms. The maximum atomic E-state index is 6.28. The second-order valence-corrected chi connectivity index (χ2v) is 9.38. The van der Waals surface area contributed by atoms with Crippen molar-refractivity contribution in [3.8, 4) is 0 Å². The van der Waals surface area contributed by atoms with E-state index in [0.29, 0.717) is 17.8 Å². The lowest BCUT2D eigenvalue weighted by molar-refractivity contribution is -0.158. The van der Waals surface area contributed by atoms with Crippen LogP contribution in [0.15, 0.2) is 30.3 Å². The zero-order chi connectivity index (χ0) is 16.1. The van der Waals surface area contributed by atoms with Crippen molar-refractivity contribution >= 4 is 23.5 Å². The second-order valence-electron chi connectivity index (χ2n) is 6.46. The monoisotopic (exact) mass is 354 g/mol. The number of thioether (sulfide) groups is 2. The minimum atomic E-state index is -0.494. The van der Waals surface area contributed by atoms with Crippen molar-refractivity contribution in [3.63, 3.8) is 0 Å². The van der Waals surface area contributed by atoms with Gasteiger partial charge in [0.15, 0.2) is 5.79 Å². The Hall–Kier alpha value is -0.200. The molecule has 1 aromatic carbocycles. The Morgan fingerprint density at radius 2 is 1.96 bits per heavy atom. The molecule has 0 aromatic heterocycles. The standard InChI is InChI=1S/C18H26O3S2/c1-18(2)20-13-16(21-18)15(11-17-22-9-6-10-23-17)19-12-14-7-4-3-5-8-14/h3-5,7-8,15-17H,6,9-13H2,1-2H3/t15-,16+/m0/s1. The van der Waals surface area contributed by atoms with Gasteiger partial charge in [-0.3, -0.25) is 0 Å². The summed E-state index contributed by atoms with van der Waals surface area (Å²) < 4.78 is 18.7. The third-order valence-electron chi connectivity index (χ3n) is 4.07. The van der Waals surface area contributed by atoms with Gasteiger partial charge in [0.2, 0.25) is 0 Å². The summed E-state index contributed by atoms with van der Waals surface area (Å²) >= 11 is 4.12. The molecule has 2 fully saturated rings. The van der Waals surface area contributed by atoms with Gasteiger partial charge in [-0.15, -0.1) is 23.5 Å². The third-order valence-corrected chi connectivity index (χ3v) is 7.07. The summed E-state index contributed by atoms with van der Waals surface area (Å²) in [6.45, 7) is 5.21. The van der Waals surface area contributed by atoms with Gasteiger partial charge in [0.25, 0.3) is 0 Å². The first-order chi connectivity index (χ1) is 11.1. The van der Waals surface area contributed by atoms with Crippen LogP contribution < -0.4 is 0 Å². The lowest BCUT2D eigenvalue weighted by Gasteiger charge is -2.29. The van der Waals surface area contributed by atoms with Gasteiger partial charge in [-0.1, -0.05) is 30.3 Å². The molecule has 0 aliphatic carbocycles. The fourth-order valence-corrected chi connectivity index (χ4v) is 5.81. The molecule has 0 radical (unpaired) electrons. The van der Waals surface area contributed by atoms with Crippen LogP contribution in [0.3, 0.4) is 0 Å². The highest BCUT2D eigenvalue weighted by Gasteiger charge is 2.39. The predicted molar refractivity (Wildman–Crippen MR) is 97.9 cm³/mol. The summed E-state index contributed by atoms with van der Waals surface area (Å²) in [5.74, 6) is 2.03. The van der Waals surface area contributed by atoms with E-state index in [1.807, 2.05) is 19.9 Å². The van der Waals surface area contributed by atoms with Crippen LogP contribution in [0.4, 0.5) is 0 Å². The number of rotatable bonds is 6. The average molecular weight is 355 g/mol. The molecular formula is C18H26O3S2. The zero-order valence-corrected chi connectivity index (χ0v) is 15.5. The molecule has 2 aliphatic heterocycles. The molecule has 2 saturated heterocycles. The smallest absolute Gasteiger partial charge is 0.163 e. The lowest BCUT2D eigenvalue weighted by atomic mass is 10.1. The van der Waals surface area contributed by atoms with Crippen LogP contribution in [0.5, 0.6) is 0 Å². The van der Waals surface area contributed by atoms with E-state index in [1.165, 1.54) is 23.5 Å². The van der Waals surface area contributed by atoms with Gasteiger partial charge in [0.05, 0.1) is 23.9 Å². The quantitative estimate of drug-likeness (QED) is 0.759. The van der Waals surface area contributed by atoms with E-state index in [-0.39, 0.29) is 12.2 Å². The molecule has 23 heavy (non-hydrogen) atoms. The molecule has 5 heteroatoms. The van der Waals surface area contributed by atoms with E-state index in [9.17, 15) is 0 Å². The molecule has 0 N–H and O–H groups in total. The molecule has 128 valence electrons. The fourth-order valence-electron chi connectivity index (χ4n) is 2.87. The van der Waals surface area contributed by atoms with Gasteiger partial charge in [-0.2, -0.15) is 0 Å². The molecule has 0 bridgehead atoms. The molecular weight excluding hydrogens is 328 g/mol. The summed E-state index contributed by atoms with van der Waals surface area (Å²) in [6.07, 6.45) is 2.45. The van der Waals surface area contributed by atoms with Crippen molar-refractivity contribution < 1.29 is 14.2 Å². The summed E-state index contributed by atoms with van der Waals surface area (Å²) in [5, 5.41) is 0. The summed E-state index contributed by atoms with van der Waals surface area (Å²) in [6, 6.07) is 10.4. The van der Waals surface area contributed by atoms with Crippen molar-refractivity contribution in [3.05, 3.63) is 35.9 Å². The maximum Gasteiger partial charge on any atom is 0.163 e. The van der Waals surface area contributed by atoms with Gasteiger partial charge < -0.3 is 14.2 Å². The normalized spacial score (nSPS) is 26.3. The predicted octanol–water partition coefficient (Wildman–Crippen LogP) is 4.31. The maximum absolute atomic E-state index is 6.28. The molecule has 2 atom stereocenters. The zero-order valence-electron chi connectivity index (χ0n) is 13.9. The summed E-state index contributed by atoms with van der Waals surface area (Å²) in [5.41, 5.74) is 1.21. The Morgan fingerprint density at radius 3 is 2.61 bits per heavy atom. The first-order valence-electron chi connectivity index (χ1n) is 8.33. The van der Waals surface area contributed by atoms with Crippen molar-refractivity contribution in [2.45, 2.75) is 55.9 Å². The number of ether oxygens (including phenoxy) is 3. The van der Waals surface area contributed by atoms with E-state index >= 15 is 0 Å². The first kappa shape index (κ1) is 17.6. The Balaban J connectivity index is 1.60. The second kappa shape index (κ2) is 8.26. The van der Waals surface area contributed by atoms with Crippen LogP contribution in [0.1, 0.15) is 32.3 Å². The Kier molecular flexibility index (Phi) is 6.32. The van der Waals surface area contributed by atoms with E-state index in [2.05, 4.69) is 47.8 Å². The largest absolute Gasteiger partial charge is 0.371 e. The first-order valence-corrected chi connectivity index (χ1v) is 10.4. The average Bonchev–Trinajstić information content (AvgIpc) is 2.93. The van der Waals surface area contributed by atoms with Crippen LogP contribution in [0.25, 0.3) is 0 Å². The van der Waals surface area contributed by atoms with Crippen molar-refractivity contribution in [2.24, 2.45) is 0 Å². The molecule has 2 heterocycles. The minimum Gasteiger partial charge on any atom is -0.371 e. The lowest BCUT2D eigenvalue weighted by Crippen LogP contribution is -2.35. The molecule has 0 saturated carbocycles. The van der Waals surface area contributed by atoms with Crippen LogP contribution in [-0.2, 0) is 20.8 Å². The molecule has 0 amide bonds. The Morgan fingerprint density at radius 1 is 1.22 bits per heavy atom. The van der Waals surface area contributed by atoms with Crippen LogP contribution in [0.2, 0.25) is 0 Å². The topological polar surface area (TPSA) is 27.7 Å². The van der Waals surface area contributed by atoms with Crippen LogP contribution >= 0.6 is 23.5 Å². The molecule has 1 aromatic rings. The number of benzene rings is 1. The summed E-state index contributed by atoms with van der Waals surface area (Å²) in [7, 11) is 0. The minimum absolute atomic E-state index is 0.0249. The van der Waals surface area contributed by atoms with Crippen LogP contribution in [-0.4, -0.2) is 40.7 Å². The van der Waals surface area contributed by atoms with Crippen molar-refractivity contribution in [1.82, 2.24) is 0 Å². The van der Waals surface area contributed by atoms with E-state index in [0.717, 1.165) is 6.42 Å². The van der Waals surface area contributed by atoms with Crippen LogP contribution in [0, 0.1) is 0 Å². The number of hydrogen-bond acceptors (Lipinski definition) is 5.